The minimum Gasteiger partial charge on any atom is -0.340 e. The highest BCUT2D eigenvalue weighted by Gasteiger charge is 2.06. The number of nitrogens with zero attached hydrogens (tertiary/aromatic N) is 1. The monoisotopic (exact) mass is 243 g/mol. The summed E-state index contributed by atoms with van der Waals surface area (Å²) in [5, 5.41) is 1.35. The zero-order valence-corrected chi connectivity index (χ0v) is 9.50. The number of thiophene rings is 1. The van der Waals surface area contributed by atoms with Crippen LogP contribution < -0.4 is 0 Å². The lowest BCUT2D eigenvalue weighted by Gasteiger charge is -1.97. The van der Waals surface area contributed by atoms with Gasteiger partial charge in [-0.3, -0.25) is 0 Å². The number of hydrogen-bond donors (Lipinski definition) is 0. The molecule has 1 nitrogen and oxygen atoms in total. The number of halogens is 1. The molecule has 0 fully saturated rings. The Kier molecular flexibility index (Phi) is 2.00. The maximum atomic E-state index is 3.49. The minimum absolute atomic E-state index is 1.11. The van der Waals surface area contributed by atoms with Crippen LogP contribution in [0.25, 0.3) is 10.2 Å². The summed E-state index contributed by atoms with van der Waals surface area (Å²) in [6.45, 7) is 2.19. The molecule has 2 rings (SSSR count). The van der Waals surface area contributed by atoms with Gasteiger partial charge >= 0.3 is 0 Å². The van der Waals surface area contributed by atoms with E-state index in [1.165, 1.54) is 19.7 Å². The lowest BCUT2D eigenvalue weighted by atomic mass is 10.3. The van der Waals surface area contributed by atoms with Crippen LogP contribution in [0, 0.1) is 0 Å². The SMILES string of the molecule is CCc1cc2cc(Br)sc2n1C. The summed E-state index contributed by atoms with van der Waals surface area (Å²) in [6.07, 6.45) is 1.11. The molecule has 0 aromatic carbocycles. The molecular formula is C9H10BrNS. The number of aryl methyl sites for hydroxylation is 2. The summed E-state index contributed by atoms with van der Waals surface area (Å²) in [6, 6.07) is 4.44. The lowest BCUT2D eigenvalue weighted by Crippen LogP contribution is -1.91. The number of fused-ring (bicyclic) bond motifs is 1. The molecule has 2 heterocycles. The molecule has 0 amide bonds. The maximum absolute atomic E-state index is 3.49. The second-order valence-corrected chi connectivity index (χ2v) is 5.27. The van der Waals surface area contributed by atoms with E-state index in [0.29, 0.717) is 0 Å². The van der Waals surface area contributed by atoms with Gasteiger partial charge in [-0.25, -0.2) is 0 Å². The normalized spacial score (nSPS) is 11.2. The van der Waals surface area contributed by atoms with Crippen molar-refractivity contribution in [3.8, 4) is 0 Å². The van der Waals surface area contributed by atoms with Crippen molar-refractivity contribution in [3.05, 3.63) is 21.6 Å². The molecule has 0 saturated heterocycles. The first-order valence-electron chi connectivity index (χ1n) is 3.96. The third-order valence-corrected chi connectivity index (χ3v) is 3.86. The highest BCUT2D eigenvalue weighted by Crippen LogP contribution is 2.31. The summed E-state index contributed by atoms with van der Waals surface area (Å²) < 4.78 is 3.48. The van der Waals surface area contributed by atoms with E-state index in [4.69, 9.17) is 0 Å². The Morgan fingerprint density at radius 3 is 2.83 bits per heavy atom. The van der Waals surface area contributed by atoms with Gasteiger partial charge in [-0.1, -0.05) is 6.92 Å². The largest absolute Gasteiger partial charge is 0.340 e. The van der Waals surface area contributed by atoms with Gasteiger partial charge in [0.2, 0.25) is 0 Å². The smallest absolute Gasteiger partial charge is 0.103 e. The molecule has 2 aromatic heterocycles. The first-order chi connectivity index (χ1) is 5.72. The first-order valence-corrected chi connectivity index (χ1v) is 5.57. The second kappa shape index (κ2) is 2.89. The molecule has 12 heavy (non-hydrogen) atoms. The van der Waals surface area contributed by atoms with Gasteiger partial charge in [0, 0.05) is 18.1 Å². The van der Waals surface area contributed by atoms with Crippen molar-refractivity contribution >= 4 is 37.5 Å². The van der Waals surface area contributed by atoms with Crippen LogP contribution in [0.4, 0.5) is 0 Å². The van der Waals surface area contributed by atoms with E-state index < -0.39 is 0 Å². The van der Waals surface area contributed by atoms with Crippen LogP contribution in [0.15, 0.2) is 15.9 Å². The van der Waals surface area contributed by atoms with Crippen molar-refractivity contribution in [2.45, 2.75) is 13.3 Å². The molecule has 3 heteroatoms. The topological polar surface area (TPSA) is 4.93 Å². The van der Waals surface area contributed by atoms with Crippen molar-refractivity contribution in [3.63, 3.8) is 0 Å². The second-order valence-electron chi connectivity index (χ2n) is 2.86. The Hall–Kier alpha value is -0.280. The molecule has 0 radical (unpaired) electrons. The van der Waals surface area contributed by atoms with Crippen LogP contribution in [-0.2, 0) is 13.5 Å². The standard InChI is InChI=1S/C9H10BrNS/c1-3-7-4-6-5-8(10)12-9(6)11(7)2/h4-5H,3H2,1-2H3. The molecular weight excluding hydrogens is 234 g/mol. The van der Waals surface area contributed by atoms with Crippen LogP contribution >= 0.6 is 27.3 Å². The van der Waals surface area contributed by atoms with Crippen molar-refractivity contribution in [1.82, 2.24) is 4.57 Å². The highest BCUT2D eigenvalue weighted by molar-refractivity contribution is 9.11. The van der Waals surface area contributed by atoms with E-state index in [-0.39, 0.29) is 0 Å². The Morgan fingerprint density at radius 1 is 1.50 bits per heavy atom. The highest BCUT2D eigenvalue weighted by atomic mass is 79.9. The van der Waals surface area contributed by atoms with Gasteiger partial charge in [0.1, 0.15) is 4.83 Å². The van der Waals surface area contributed by atoms with Gasteiger partial charge in [0.15, 0.2) is 0 Å². The summed E-state index contributed by atoms with van der Waals surface area (Å²) >= 11 is 5.28. The van der Waals surface area contributed by atoms with Crippen LogP contribution in [0.1, 0.15) is 12.6 Å². The zero-order chi connectivity index (χ0) is 8.72. The van der Waals surface area contributed by atoms with E-state index in [1.807, 2.05) is 0 Å². The molecule has 0 N–H and O–H groups in total. The fourth-order valence-corrected chi connectivity index (χ4v) is 3.04. The van der Waals surface area contributed by atoms with Crippen LogP contribution in [0.2, 0.25) is 0 Å². The molecule has 0 bridgehead atoms. The third-order valence-electron chi connectivity index (χ3n) is 2.13. The first kappa shape index (κ1) is 8.32. The molecule has 0 aliphatic heterocycles. The summed E-state index contributed by atoms with van der Waals surface area (Å²) in [7, 11) is 2.13. The molecule has 0 aliphatic rings. The van der Waals surface area contributed by atoms with E-state index in [1.54, 1.807) is 11.3 Å². The van der Waals surface area contributed by atoms with Crippen molar-refractivity contribution in [1.29, 1.82) is 0 Å². The van der Waals surface area contributed by atoms with Crippen molar-refractivity contribution in [2.24, 2.45) is 7.05 Å². The van der Waals surface area contributed by atoms with Gasteiger partial charge in [-0.15, -0.1) is 11.3 Å². The average molecular weight is 244 g/mol. The molecule has 0 saturated carbocycles. The molecule has 0 unspecified atom stereocenters. The third kappa shape index (κ3) is 1.12. The number of rotatable bonds is 1. The Morgan fingerprint density at radius 2 is 2.25 bits per heavy atom. The molecule has 0 spiro atoms. The van der Waals surface area contributed by atoms with E-state index in [2.05, 4.69) is 46.6 Å². The fraction of sp³-hybridized carbons (Fsp3) is 0.333. The van der Waals surface area contributed by atoms with Crippen LogP contribution in [-0.4, -0.2) is 4.57 Å². The molecule has 64 valence electrons. The zero-order valence-electron chi connectivity index (χ0n) is 7.10. The summed E-state index contributed by atoms with van der Waals surface area (Å²) in [5.41, 5.74) is 1.41. The number of hydrogen-bond acceptors (Lipinski definition) is 1. The van der Waals surface area contributed by atoms with E-state index in [9.17, 15) is 0 Å². The predicted octanol–water partition coefficient (Wildman–Crippen LogP) is 3.56. The lowest BCUT2D eigenvalue weighted by molar-refractivity contribution is 0.871. The average Bonchev–Trinajstić information content (AvgIpc) is 2.51. The number of aromatic nitrogens is 1. The van der Waals surface area contributed by atoms with Crippen molar-refractivity contribution in [2.75, 3.05) is 0 Å². The van der Waals surface area contributed by atoms with E-state index in [0.717, 1.165) is 6.42 Å². The minimum atomic E-state index is 1.11. The Balaban J connectivity index is 2.74. The van der Waals surface area contributed by atoms with Crippen LogP contribution in [0.3, 0.4) is 0 Å². The van der Waals surface area contributed by atoms with Gasteiger partial charge in [-0.05, 0) is 34.5 Å². The van der Waals surface area contributed by atoms with E-state index >= 15 is 0 Å². The fourth-order valence-electron chi connectivity index (χ4n) is 1.48. The van der Waals surface area contributed by atoms with Crippen molar-refractivity contribution < 1.29 is 0 Å². The molecule has 0 atom stereocenters. The van der Waals surface area contributed by atoms with Gasteiger partial charge < -0.3 is 4.57 Å². The summed E-state index contributed by atoms with van der Waals surface area (Å²) in [5.74, 6) is 0. The van der Waals surface area contributed by atoms with Gasteiger partial charge in [0.25, 0.3) is 0 Å². The maximum Gasteiger partial charge on any atom is 0.103 e. The Bertz CT molecular complexity index is 413. The quantitative estimate of drug-likeness (QED) is 0.722. The predicted molar refractivity (Wildman–Crippen MR) is 57.9 cm³/mol. The molecule has 0 aliphatic carbocycles. The van der Waals surface area contributed by atoms with Gasteiger partial charge in [0.05, 0.1) is 3.79 Å². The van der Waals surface area contributed by atoms with Crippen LogP contribution in [0.5, 0.6) is 0 Å². The summed E-state index contributed by atoms with van der Waals surface area (Å²) in [4.78, 5) is 1.36. The Labute approximate surface area is 84.1 Å². The van der Waals surface area contributed by atoms with Gasteiger partial charge in [-0.2, -0.15) is 0 Å². The molecule has 2 aromatic rings.